The van der Waals surface area contributed by atoms with Crippen molar-refractivity contribution in [3.05, 3.63) is 29.8 Å². The number of hydrogen-bond donors (Lipinski definition) is 1. The van der Waals surface area contributed by atoms with Crippen LogP contribution in [0.3, 0.4) is 0 Å². The summed E-state index contributed by atoms with van der Waals surface area (Å²) in [5, 5.41) is 3.34. The van der Waals surface area contributed by atoms with Crippen molar-refractivity contribution in [3.63, 3.8) is 0 Å². The molecule has 1 amide bonds. The van der Waals surface area contributed by atoms with Crippen LogP contribution in [-0.2, 0) is 14.8 Å². The van der Waals surface area contributed by atoms with Crippen LogP contribution in [0, 0.1) is 0 Å². The molecule has 2 unspecified atom stereocenters. The first kappa shape index (κ1) is 23.1. The molecule has 6 nitrogen and oxygen atoms in total. The first-order valence-corrected chi connectivity index (χ1v) is 11.5. The van der Waals surface area contributed by atoms with Crippen LogP contribution in [0.4, 0.5) is 0 Å². The normalized spacial score (nSPS) is 21.9. The molecule has 1 aromatic carbocycles. The van der Waals surface area contributed by atoms with Gasteiger partial charge in [-0.05, 0) is 49.4 Å². The molecule has 0 bridgehead atoms. The summed E-state index contributed by atoms with van der Waals surface area (Å²) in [4.78, 5) is 14.6. The quantitative estimate of drug-likeness (QED) is 0.754. The highest BCUT2D eigenvalue weighted by Crippen LogP contribution is 2.23. The van der Waals surface area contributed by atoms with Crippen molar-refractivity contribution in [1.82, 2.24) is 14.5 Å². The van der Waals surface area contributed by atoms with E-state index in [1.807, 2.05) is 12.1 Å². The number of benzene rings is 1. The van der Waals surface area contributed by atoms with Crippen LogP contribution < -0.4 is 5.32 Å². The average molecular weight is 430 g/mol. The lowest BCUT2D eigenvalue weighted by atomic mass is 9.99. The van der Waals surface area contributed by atoms with Gasteiger partial charge in [0.1, 0.15) is 0 Å². The molecule has 3 rings (SSSR count). The Morgan fingerprint density at radius 3 is 2.36 bits per heavy atom. The molecule has 2 heterocycles. The molecular weight excluding hydrogens is 398 g/mol. The number of nitrogens with one attached hydrogen (secondary N) is 1. The van der Waals surface area contributed by atoms with Crippen LogP contribution in [0.2, 0.25) is 0 Å². The summed E-state index contributed by atoms with van der Waals surface area (Å²) in [6.45, 7) is 6.91. The van der Waals surface area contributed by atoms with Crippen molar-refractivity contribution in [2.45, 2.75) is 56.4 Å². The number of sulfonamides is 1. The highest BCUT2D eigenvalue weighted by Gasteiger charge is 2.31. The number of carbonyl (C=O) groups excluding carboxylic acids is 1. The lowest BCUT2D eigenvalue weighted by Gasteiger charge is -2.34. The minimum Gasteiger partial charge on any atom is -0.340 e. The average Bonchev–Trinajstić information content (AvgIpc) is 3.20. The number of piperazine rings is 1. The third-order valence-corrected chi connectivity index (χ3v) is 7.79. The number of halogens is 1. The standard InChI is InChI=1S/C20H31N3O3S.ClH/c1-3-16(2)17-6-8-19(9-7-17)27(25,26)23-13-11-22(12-14-23)20(24)15-18-5-4-10-21-18;/h6-9,16,18,21H,3-5,10-15H2,1-2H3;1H. The van der Waals surface area contributed by atoms with Crippen LogP contribution >= 0.6 is 12.4 Å². The van der Waals surface area contributed by atoms with E-state index < -0.39 is 10.0 Å². The van der Waals surface area contributed by atoms with Gasteiger partial charge in [0.25, 0.3) is 0 Å². The number of rotatable bonds is 6. The third-order valence-electron chi connectivity index (χ3n) is 5.87. The molecule has 2 saturated heterocycles. The highest BCUT2D eigenvalue weighted by molar-refractivity contribution is 7.89. The Hall–Kier alpha value is -1.15. The fourth-order valence-corrected chi connectivity index (χ4v) is 5.22. The highest BCUT2D eigenvalue weighted by atomic mass is 35.5. The van der Waals surface area contributed by atoms with Crippen molar-refractivity contribution in [2.75, 3.05) is 32.7 Å². The van der Waals surface area contributed by atoms with Crippen molar-refractivity contribution in [3.8, 4) is 0 Å². The summed E-state index contributed by atoms with van der Waals surface area (Å²) in [6, 6.07) is 7.52. The first-order chi connectivity index (χ1) is 12.9. The van der Waals surface area contributed by atoms with E-state index in [0.29, 0.717) is 43.4 Å². The maximum Gasteiger partial charge on any atom is 0.243 e. The van der Waals surface area contributed by atoms with Gasteiger partial charge in [-0.3, -0.25) is 4.79 Å². The second-order valence-corrected chi connectivity index (χ2v) is 9.60. The maximum absolute atomic E-state index is 12.9. The molecule has 2 aliphatic heterocycles. The number of hydrogen-bond acceptors (Lipinski definition) is 4. The zero-order valence-electron chi connectivity index (χ0n) is 16.8. The zero-order valence-corrected chi connectivity index (χ0v) is 18.4. The van der Waals surface area contributed by atoms with Gasteiger partial charge in [-0.15, -0.1) is 12.4 Å². The molecule has 0 aromatic heterocycles. The fourth-order valence-electron chi connectivity index (χ4n) is 3.80. The van der Waals surface area contributed by atoms with E-state index in [-0.39, 0.29) is 24.4 Å². The Balaban J connectivity index is 0.00000280. The molecule has 2 fully saturated rings. The number of carbonyl (C=O) groups is 1. The summed E-state index contributed by atoms with van der Waals surface area (Å²) in [6.07, 6.45) is 3.72. The van der Waals surface area contributed by atoms with Crippen LogP contribution in [0.5, 0.6) is 0 Å². The Labute approximate surface area is 175 Å². The lowest BCUT2D eigenvalue weighted by molar-refractivity contribution is -0.132. The smallest absolute Gasteiger partial charge is 0.243 e. The predicted octanol–water partition coefficient (Wildman–Crippen LogP) is 2.60. The van der Waals surface area contributed by atoms with Crippen LogP contribution in [0.15, 0.2) is 29.2 Å². The summed E-state index contributed by atoms with van der Waals surface area (Å²) in [7, 11) is -3.50. The van der Waals surface area contributed by atoms with E-state index >= 15 is 0 Å². The van der Waals surface area contributed by atoms with Crippen molar-refractivity contribution < 1.29 is 13.2 Å². The number of nitrogens with zero attached hydrogens (tertiary/aromatic N) is 2. The van der Waals surface area contributed by atoms with Gasteiger partial charge in [0.15, 0.2) is 0 Å². The van der Waals surface area contributed by atoms with Crippen LogP contribution in [0.25, 0.3) is 0 Å². The lowest BCUT2D eigenvalue weighted by Crippen LogP contribution is -2.51. The van der Waals surface area contributed by atoms with Crippen LogP contribution in [0.1, 0.15) is 51.0 Å². The van der Waals surface area contributed by atoms with E-state index in [2.05, 4.69) is 19.2 Å². The molecule has 28 heavy (non-hydrogen) atoms. The summed E-state index contributed by atoms with van der Waals surface area (Å²) in [5.41, 5.74) is 1.16. The molecule has 0 aliphatic carbocycles. The van der Waals surface area contributed by atoms with E-state index in [9.17, 15) is 13.2 Å². The fraction of sp³-hybridized carbons (Fsp3) is 0.650. The van der Waals surface area contributed by atoms with E-state index in [1.54, 1.807) is 17.0 Å². The number of amides is 1. The van der Waals surface area contributed by atoms with Gasteiger partial charge < -0.3 is 10.2 Å². The van der Waals surface area contributed by atoms with Gasteiger partial charge in [0.05, 0.1) is 4.90 Å². The molecule has 8 heteroatoms. The monoisotopic (exact) mass is 429 g/mol. The summed E-state index contributed by atoms with van der Waals surface area (Å²) >= 11 is 0. The third kappa shape index (κ3) is 5.26. The predicted molar refractivity (Wildman–Crippen MR) is 113 cm³/mol. The van der Waals surface area contributed by atoms with Crippen molar-refractivity contribution >= 4 is 28.3 Å². The Morgan fingerprint density at radius 2 is 1.82 bits per heavy atom. The molecule has 0 radical (unpaired) electrons. The van der Waals surface area contributed by atoms with E-state index in [0.717, 1.165) is 31.4 Å². The molecule has 158 valence electrons. The van der Waals surface area contributed by atoms with Gasteiger partial charge >= 0.3 is 0 Å². The van der Waals surface area contributed by atoms with Crippen molar-refractivity contribution in [2.24, 2.45) is 0 Å². The summed E-state index contributed by atoms with van der Waals surface area (Å²) < 4.78 is 27.3. The largest absolute Gasteiger partial charge is 0.340 e. The van der Waals surface area contributed by atoms with Gasteiger partial charge in [0, 0.05) is 38.6 Å². The topological polar surface area (TPSA) is 69.7 Å². The molecule has 0 spiro atoms. The molecule has 2 atom stereocenters. The molecule has 1 aromatic rings. The van der Waals surface area contributed by atoms with E-state index in [4.69, 9.17) is 0 Å². The first-order valence-electron chi connectivity index (χ1n) is 10.0. The van der Waals surface area contributed by atoms with E-state index in [1.165, 1.54) is 4.31 Å². The minimum absolute atomic E-state index is 0. The Kier molecular flexibility index (Phi) is 8.30. The second kappa shape index (κ2) is 10.1. The molecule has 0 saturated carbocycles. The van der Waals surface area contributed by atoms with Gasteiger partial charge in [-0.25, -0.2) is 8.42 Å². The molecule has 2 aliphatic rings. The molecule has 1 N–H and O–H groups in total. The van der Waals surface area contributed by atoms with Crippen molar-refractivity contribution in [1.29, 1.82) is 0 Å². The Bertz CT molecular complexity index is 740. The zero-order chi connectivity index (χ0) is 19.4. The maximum atomic E-state index is 12.9. The van der Waals surface area contributed by atoms with Gasteiger partial charge in [-0.1, -0.05) is 26.0 Å². The Morgan fingerprint density at radius 1 is 1.18 bits per heavy atom. The van der Waals surface area contributed by atoms with Crippen LogP contribution in [-0.4, -0.2) is 62.3 Å². The summed E-state index contributed by atoms with van der Waals surface area (Å²) in [5.74, 6) is 0.551. The minimum atomic E-state index is -3.50. The van der Waals surface area contributed by atoms with Gasteiger partial charge in [0.2, 0.25) is 15.9 Å². The second-order valence-electron chi connectivity index (χ2n) is 7.66. The molecular formula is C20H32ClN3O3S. The SMILES string of the molecule is CCC(C)c1ccc(S(=O)(=O)N2CCN(C(=O)CC3CCCN3)CC2)cc1.Cl. The van der Waals surface area contributed by atoms with Gasteiger partial charge in [-0.2, -0.15) is 4.31 Å².